The van der Waals surface area contributed by atoms with Gasteiger partial charge in [0.2, 0.25) is 18.6 Å². The largest absolute Gasteiger partial charge is 0.454 e. The Hall–Kier alpha value is -2.04. The molecule has 4 bridgehead atoms. The van der Waals surface area contributed by atoms with Gasteiger partial charge in [0, 0.05) is 11.0 Å². The first-order chi connectivity index (χ1) is 11.8. The molecule has 5 nitrogen and oxygen atoms in total. The zero-order valence-electron chi connectivity index (χ0n) is 13.5. The standard InChI is InChI=1S/C19H20N2O3/c1-2-15-16(23-10-22-15)6-14(1)17-20-21-18(24-17)19-7-11-3-12(8-19)5-13(4-11)9-19/h1-2,6,11-13H,3-5,7-10H2. The highest BCUT2D eigenvalue weighted by molar-refractivity contribution is 5.60. The van der Waals surface area contributed by atoms with Crippen LogP contribution in [0.2, 0.25) is 0 Å². The number of hydrogen-bond acceptors (Lipinski definition) is 5. The van der Waals surface area contributed by atoms with Gasteiger partial charge in [0.1, 0.15) is 0 Å². The van der Waals surface area contributed by atoms with Crippen LogP contribution in [0.25, 0.3) is 11.5 Å². The monoisotopic (exact) mass is 324 g/mol. The molecule has 4 fully saturated rings. The quantitative estimate of drug-likeness (QED) is 0.837. The molecule has 7 rings (SSSR count). The summed E-state index contributed by atoms with van der Waals surface area (Å²) < 4.78 is 17.0. The van der Waals surface area contributed by atoms with Gasteiger partial charge in [0.15, 0.2) is 11.5 Å². The molecule has 0 atom stereocenters. The highest BCUT2D eigenvalue weighted by Crippen LogP contribution is 2.60. The molecule has 2 heterocycles. The number of nitrogens with zero attached hydrogens (tertiary/aromatic N) is 2. The van der Waals surface area contributed by atoms with Gasteiger partial charge in [-0.1, -0.05) is 0 Å². The molecule has 0 unspecified atom stereocenters. The molecule has 0 N–H and O–H groups in total. The van der Waals surface area contributed by atoms with Gasteiger partial charge >= 0.3 is 0 Å². The fraction of sp³-hybridized carbons (Fsp3) is 0.579. The van der Waals surface area contributed by atoms with Crippen molar-refractivity contribution >= 4 is 0 Å². The molecule has 124 valence electrons. The van der Waals surface area contributed by atoms with E-state index in [1.54, 1.807) is 0 Å². The van der Waals surface area contributed by atoms with Gasteiger partial charge in [-0.25, -0.2) is 0 Å². The van der Waals surface area contributed by atoms with E-state index < -0.39 is 0 Å². The molecule has 0 radical (unpaired) electrons. The minimum atomic E-state index is 0.149. The Morgan fingerprint density at radius 3 is 2.33 bits per heavy atom. The number of hydrogen-bond donors (Lipinski definition) is 0. The third kappa shape index (κ3) is 1.81. The first-order valence-corrected chi connectivity index (χ1v) is 9.01. The summed E-state index contributed by atoms with van der Waals surface area (Å²) in [7, 11) is 0. The lowest BCUT2D eigenvalue weighted by atomic mass is 9.49. The highest BCUT2D eigenvalue weighted by atomic mass is 16.7. The predicted molar refractivity (Wildman–Crippen MR) is 85.7 cm³/mol. The van der Waals surface area contributed by atoms with Crippen molar-refractivity contribution in [2.24, 2.45) is 17.8 Å². The van der Waals surface area contributed by atoms with Crippen molar-refractivity contribution in [1.82, 2.24) is 10.2 Å². The summed E-state index contributed by atoms with van der Waals surface area (Å²) in [4.78, 5) is 0. The average molecular weight is 324 g/mol. The SMILES string of the molecule is c1cc2c(cc1-c1nnc(C34CC5CC(CC(C5)C3)C4)o1)OCO2. The fourth-order valence-electron chi connectivity index (χ4n) is 5.96. The third-order valence-corrected chi connectivity index (χ3v) is 6.54. The van der Waals surface area contributed by atoms with E-state index in [0.29, 0.717) is 5.89 Å². The second kappa shape index (κ2) is 4.52. The van der Waals surface area contributed by atoms with E-state index in [2.05, 4.69) is 10.2 Å². The van der Waals surface area contributed by atoms with Crippen molar-refractivity contribution in [3.05, 3.63) is 24.1 Å². The number of aromatic nitrogens is 2. The molecule has 2 aromatic rings. The normalized spacial score (nSPS) is 35.6. The average Bonchev–Trinajstić information content (AvgIpc) is 3.22. The van der Waals surface area contributed by atoms with E-state index in [1.807, 2.05) is 18.2 Å². The lowest BCUT2D eigenvalue weighted by Gasteiger charge is -2.55. The zero-order chi connectivity index (χ0) is 15.7. The number of ether oxygens (including phenoxy) is 2. The number of rotatable bonds is 2. The van der Waals surface area contributed by atoms with E-state index in [-0.39, 0.29) is 12.2 Å². The van der Waals surface area contributed by atoms with Crippen LogP contribution in [-0.4, -0.2) is 17.0 Å². The van der Waals surface area contributed by atoms with E-state index in [1.165, 1.54) is 38.5 Å². The maximum Gasteiger partial charge on any atom is 0.247 e. The van der Waals surface area contributed by atoms with E-state index in [4.69, 9.17) is 13.9 Å². The summed E-state index contributed by atoms with van der Waals surface area (Å²) in [5.41, 5.74) is 1.05. The summed E-state index contributed by atoms with van der Waals surface area (Å²) >= 11 is 0. The molecule has 5 aliphatic rings. The summed E-state index contributed by atoms with van der Waals surface area (Å²) in [6, 6.07) is 5.80. The Labute approximate surface area is 140 Å². The lowest BCUT2D eigenvalue weighted by molar-refractivity contribution is -0.0176. The highest BCUT2D eigenvalue weighted by Gasteiger charge is 2.54. The van der Waals surface area contributed by atoms with Gasteiger partial charge in [-0.05, 0) is 74.5 Å². The van der Waals surface area contributed by atoms with E-state index in [0.717, 1.165) is 40.7 Å². The molecule has 24 heavy (non-hydrogen) atoms. The topological polar surface area (TPSA) is 57.4 Å². The Balaban J connectivity index is 1.36. The van der Waals surface area contributed by atoms with Crippen molar-refractivity contribution < 1.29 is 13.9 Å². The van der Waals surface area contributed by atoms with Crippen molar-refractivity contribution in [1.29, 1.82) is 0 Å². The Morgan fingerprint density at radius 1 is 0.875 bits per heavy atom. The minimum Gasteiger partial charge on any atom is -0.454 e. The summed E-state index contributed by atoms with van der Waals surface area (Å²) in [5.74, 6) is 5.61. The van der Waals surface area contributed by atoms with E-state index >= 15 is 0 Å². The van der Waals surface area contributed by atoms with Crippen LogP contribution in [0.4, 0.5) is 0 Å². The third-order valence-electron chi connectivity index (χ3n) is 6.54. The molecule has 5 heteroatoms. The van der Waals surface area contributed by atoms with Crippen molar-refractivity contribution in [3.63, 3.8) is 0 Å². The molecule has 1 aliphatic heterocycles. The lowest BCUT2D eigenvalue weighted by Crippen LogP contribution is -2.48. The van der Waals surface area contributed by atoms with Gasteiger partial charge in [0.05, 0.1) is 0 Å². The first kappa shape index (κ1) is 13.3. The maximum atomic E-state index is 6.20. The Bertz CT molecular complexity index is 777. The van der Waals surface area contributed by atoms with Crippen molar-refractivity contribution in [2.45, 2.75) is 43.9 Å². The van der Waals surface area contributed by atoms with Crippen LogP contribution in [0.5, 0.6) is 11.5 Å². The predicted octanol–water partition coefficient (Wildman–Crippen LogP) is 3.93. The summed E-state index contributed by atoms with van der Waals surface area (Å²) in [6.45, 7) is 0.279. The van der Waals surface area contributed by atoms with Crippen LogP contribution in [0.3, 0.4) is 0 Å². The molecule has 0 saturated heterocycles. The van der Waals surface area contributed by atoms with Crippen LogP contribution in [0.15, 0.2) is 22.6 Å². The molecule has 0 amide bonds. The molecule has 0 spiro atoms. The van der Waals surface area contributed by atoms with Crippen LogP contribution in [0, 0.1) is 17.8 Å². The smallest absolute Gasteiger partial charge is 0.247 e. The van der Waals surface area contributed by atoms with Gasteiger partial charge in [-0.3, -0.25) is 0 Å². The summed E-state index contributed by atoms with van der Waals surface area (Å²) in [6.07, 6.45) is 7.97. The second-order valence-electron chi connectivity index (χ2n) is 8.18. The fourth-order valence-corrected chi connectivity index (χ4v) is 5.96. The zero-order valence-corrected chi connectivity index (χ0v) is 13.5. The van der Waals surface area contributed by atoms with Crippen molar-refractivity contribution in [3.8, 4) is 23.0 Å². The second-order valence-corrected chi connectivity index (χ2v) is 8.18. The van der Waals surface area contributed by atoms with Crippen molar-refractivity contribution in [2.75, 3.05) is 6.79 Å². The number of benzene rings is 1. The van der Waals surface area contributed by atoms with Gasteiger partial charge in [-0.2, -0.15) is 0 Å². The molecule has 1 aromatic heterocycles. The Morgan fingerprint density at radius 2 is 1.58 bits per heavy atom. The first-order valence-electron chi connectivity index (χ1n) is 9.01. The summed E-state index contributed by atoms with van der Waals surface area (Å²) in [5, 5.41) is 8.84. The Kier molecular flexibility index (Phi) is 2.50. The molecule has 4 saturated carbocycles. The van der Waals surface area contributed by atoms with Crippen LogP contribution in [0.1, 0.15) is 44.4 Å². The minimum absolute atomic E-state index is 0.149. The molecule has 4 aliphatic carbocycles. The van der Waals surface area contributed by atoms with Gasteiger partial charge < -0.3 is 13.9 Å². The van der Waals surface area contributed by atoms with Crippen LogP contribution in [-0.2, 0) is 5.41 Å². The molecular weight excluding hydrogens is 304 g/mol. The van der Waals surface area contributed by atoms with E-state index in [9.17, 15) is 0 Å². The van der Waals surface area contributed by atoms with Crippen LogP contribution >= 0.6 is 0 Å². The van der Waals surface area contributed by atoms with Gasteiger partial charge in [-0.15, -0.1) is 10.2 Å². The molecular formula is C19H20N2O3. The molecule has 1 aromatic carbocycles. The van der Waals surface area contributed by atoms with Gasteiger partial charge in [0.25, 0.3) is 0 Å². The maximum absolute atomic E-state index is 6.20. The number of fused-ring (bicyclic) bond motifs is 1. The van der Waals surface area contributed by atoms with Crippen LogP contribution < -0.4 is 9.47 Å².